The molecule has 2 aromatic carbocycles. The molecular weight excluding hydrogens is 458 g/mol. The summed E-state index contributed by atoms with van der Waals surface area (Å²) in [5.74, 6) is 0.490. The van der Waals surface area contributed by atoms with Crippen molar-refractivity contribution in [3.63, 3.8) is 0 Å². The van der Waals surface area contributed by atoms with Crippen molar-refractivity contribution in [3.05, 3.63) is 59.1 Å². The van der Waals surface area contributed by atoms with Gasteiger partial charge >= 0.3 is 0 Å². The highest BCUT2D eigenvalue weighted by atomic mass is 32.2. The van der Waals surface area contributed by atoms with Crippen LogP contribution in [-0.2, 0) is 21.4 Å². The van der Waals surface area contributed by atoms with Gasteiger partial charge in [-0.25, -0.2) is 13.4 Å². The molecule has 8 nitrogen and oxygen atoms in total. The largest absolute Gasteiger partial charge is 0.340 e. The maximum absolute atomic E-state index is 12.6. The van der Waals surface area contributed by atoms with Crippen LogP contribution in [0.2, 0.25) is 0 Å². The topological polar surface area (TPSA) is 95.0 Å². The van der Waals surface area contributed by atoms with Crippen molar-refractivity contribution in [3.8, 4) is 0 Å². The quantitative estimate of drug-likeness (QED) is 0.544. The Bertz CT molecular complexity index is 1280. The van der Waals surface area contributed by atoms with E-state index in [9.17, 15) is 13.2 Å². The first-order valence-electron chi connectivity index (χ1n) is 11.0. The highest BCUT2D eigenvalue weighted by molar-refractivity contribution is 7.90. The Morgan fingerprint density at radius 1 is 1.06 bits per heavy atom. The third-order valence-electron chi connectivity index (χ3n) is 5.90. The average molecular weight is 484 g/mol. The Labute approximate surface area is 197 Å². The molecule has 3 heterocycles. The van der Waals surface area contributed by atoms with E-state index in [0.717, 1.165) is 30.2 Å². The standard InChI is InChI=1S/C23H25N5O3S2/c29-22(10-5-11-24-23-17-6-1-4-9-20(17)33(30,31)26-23)28-14-12-27(13-15-28)16-21-25-18-7-2-3-8-19(18)32-21/h1-4,6-9H,5,10-16H2,(H,24,26). The summed E-state index contributed by atoms with van der Waals surface area (Å²) in [7, 11) is -3.53. The number of benzene rings is 2. The van der Waals surface area contributed by atoms with Crippen LogP contribution in [0.1, 0.15) is 23.4 Å². The second-order valence-corrected chi connectivity index (χ2v) is 10.9. The molecule has 0 bridgehead atoms. The smallest absolute Gasteiger partial charge is 0.263 e. The number of carbonyl (C=O) groups is 1. The molecule has 0 radical (unpaired) electrons. The van der Waals surface area contributed by atoms with E-state index < -0.39 is 10.0 Å². The minimum absolute atomic E-state index is 0.127. The molecule has 0 spiro atoms. The lowest BCUT2D eigenvalue weighted by molar-refractivity contribution is -0.133. The van der Waals surface area contributed by atoms with Gasteiger partial charge in [-0.15, -0.1) is 11.3 Å². The predicted octanol–water partition coefficient (Wildman–Crippen LogP) is 2.46. The SMILES string of the molecule is O=C(CCCN=C1NS(=O)(=O)c2ccccc21)N1CCN(Cc2nc3ccccc3s2)CC1. The number of piperazine rings is 1. The van der Waals surface area contributed by atoms with Crippen LogP contribution in [-0.4, -0.2) is 67.7 Å². The van der Waals surface area contributed by atoms with E-state index in [2.05, 4.69) is 20.7 Å². The third-order valence-corrected chi connectivity index (χ3v) is 8.32. The van der Waals surface area contributed by atoms with Gasteiger partial charge in [0.1, 0.15) is 10.8 Å². The molecule has 1 fully saturated rings. The minimum Gasteiger partial charge on any atom is -0.340 e. The Balaban J connectivity index is 1.08. The summed E-state index contributed by atoms with van der Waals surface area (Å²) in [4.78, 5) is 26.2. The molecule has 0 saturated carbocycles. The Hall–Kier alpha value is -2.82. The fourth-order valence-electron chi connectivity index (χ4n) is 4.16. The van der Waals surface area contributed by atoms with Crippen LogP contribution in [0.3, 0.4) is 0 Å². The Morgan fingerprint density at radius 2 is 1.82 bits per heavy atom. The van der Waals surface area contributed by atoms with E-state index in [0.29, 0.717) is 43.9 Å². The number of fused-ring (bicyclic) bond motifs is 2. The van der Waals surface area contributed by atoms with Crippen LogP contribution in [0.4, 0.5) is 0 Å². The van der Waals surface area contributed by atoms with Crippen LogP contribution in [0, 0.1) is 0 Å². The number of para-hydroxylation sites is 1. The summed E-state index contributed by atoms with van der Waals surface area (Å²) in [6, 6.07) is 15.0. The van der Waals surface area contributed by atoms with Gasteiger partial charge < -0.3 is 4.90 Å². The molecule has 2 aliphatic rings. The third kappa shape index (κ3) is 4.78. The lowest BCUT2D eigenvalue weighted by Gasteiger charge is -2.34. The van der Waals surface area contributed by atoms with Crippen LogP contribution in [0.25, 0.3) is 10.2 Å². The summed E-state index contributed by atoms with van der Waals surface area (Å²) in [5.41, 5.74) is 1.64. The van der Waals surface area contributed by atoms with E-state index in [1.54, 1.807) is 35.6 Å². The molecule has 1 saturated heterocycles. The second kappa shape index (κ2) is 9.20. The first-order chi connectivity index (χ1) is 16.0. The van der Waals surface area contributed by atoms with Gasteiger partial charge in [0, 0.05) is 44.7 Å². The molecule has 5 rings (SSSR count). The van der Waals surface area contributed by atoms with E-state index >= 15 is 0 Å². The van der Waals surface area contributed by atoms with Gasteiger partial charge in [-0.3, -0.25) is 19.4 Å². The van der Waals surface area contributed by atoms with Crippen molar-refractivity contribution < 1.29 is 13.2 Å². The van der Waals surface area contributed by atoms with E-state index in [4.69, 9.17) is 4.98 Å². The van der Waals surface area contributed by atoms with E-state index in [1.807, 2.05) is 23.1 Å². The Morgan fingerprint density at radius 3 is 2.64 bits per heavy atom. The fourth-order valence-corrected chi connectivity index (χ4v) is 6.43. The van der Waals surface area contributed by atoms with Gasteiger partial charge in [0.15, 0.2) is 0 Å². The summed E-state index contributed by atoms with van der Waals surface area (Å²) < 4.78 is 28.0. The molecule has 1 amide bonds. The molecule has 33 heavy (non-hydrogen) atoms. The minimum atomic E-state index is -3.53. The summed E-state index contributed by atoms with van der Waals surface area (Å²) in [5, 5.41) is 1.11. The molecule has 1 N–H and O–H groups in total. The molecule has 10 heteroatoms. The lowest BCUT2D eigenvalue weighted by Crippen LogP contribution is -2.48. The van der Waals surface area contributed by atoms with Gasteiger partial charge in [0.05, 0.1) is 21.7 Å². The van der Waals surface area contributed by atoms with Crippen molar-refractivity contribution >= 4 is 43.3 Å². The lowest BCUT2D eigenvalue weighted by atomic mass is 10.2. The van der Waals surface area contributed by atoms with Crippen LogP contribution >= 0.6 is 11.3 Å². The zero-order valence-corrected chi connectivity index (χ0v) is 19.7. The van der Waals surface area contributed by atoms with Gasteiger partial charge in [-0.2, -0.15) is 0 Å². The highest BCUT2D eigenvalue weighted by Crippen LogP contribution is 2.24. The first-order valence-corrected chi connectivity index (χ1v) is 13.3. The zero-order valence-electron chi connectivity index (χ0n) is 18.1. The van der Waals surface area contributed by atoms with Crippen LogP contribution < -0.4 is 4.72 Å². The maximum Gasteiger partial charge on any atom is 0.263 e. The number of amidine groups is 1. The van der Waals surface area contributed by atoms with Gasteiger partial charge in [0.2, 0.25) is 5.91 Å². The number of carbonyl (C=O) groups excluding carboxylic acids is 1. The number of sulfonamides is 1. The number of amides is 1. The molecule has 0 unspecified atom stereocenters. The first kappa shape index (κ1) is 22.0. The molecule has 0 aliphatic carbocycles. The summed E-state index contributed by atoms with van der Waals surface area (Å²) in [6.45, 7) is 4.31. The molecule has 1 aromatic heterocycles. The number of hydrogen-bond donors (Lipinski definition) is 1. The monoisotopic (exact) mass is 483 g/mol. The number of hydrogen-bond acceptors (Lipinski definition) is 7. The molecule has 0 atom stereocenters. The number of rotatable bonds is 6. The average Bonchev–Trinajstić information content (AvgIpc) is 3.34. The highest BCUT2D eigenvalue weighted by Gasteiger charge is 2.30. The number of nitrogens with zero attached hydrogens (tertiary/aromatic N) is 4. The summed E-state index contributed by atoms with van der Waals surface area (Å²) in [6.07, 6.45) is 0.987. The molecular formula is C23H25N5O3S2. The second-order valence-electron chi connectivity index (χ2n) is 8.17. The molecule has 3 aromatic rings. The summed E-state index contributed by atoms with van der Waals surface area (Å²) >= 11 is 1.73. The predicted molar refractivity (Wildman–Crippen MR) is 129 cm³/mol. The van der Waals surface area contributed by atoms with Gasteiger partial charge in [-0.1, -0.05) is 24.3 Å². The number of thiazole rings is 1. The van der Waals surface area contributed by atoms with Crippen LogP contribution in [0.15, 0.2) is 58.4 Å². The Kier molecular flexibility index (Phi) is 6.13. The van der Waals surface area contributed by atoms with Crippen molar-refractivity contribution in [1.29, 1.82) is 0 Å². The maximum atomic E-state index is 12.6. The van der Waals surface area contributed by atoms with Crippen molar-refractivity contribution in [1.82, 2.24) is 19.5 Å². The van der Waals surface area contributed by atoms with Crippen molar-refractivity contribution in [2.45, 2.75) is 24.3 Å². The normalized spacial score (nSPS) is 19.0. The van der Waals surface area contributed by atoms with Gasteiger partial charge in [0.25, 0.3) is 10.0 Å². The number of aliphatic imine (C=N–C) groups is 1. The van der Waals surface area contributed by atoms with Gasteiger partial charge in [-0.05, 0) is 30.7 Å². The molecule has 2 aliphatic heterocycles. The number of aromatic nitrogens is 1. The zero-order chi connectivity index (χ0) is 22.8. The number of nitrogens with one attached hydrogen (secondary N) is 1. The van der Waals surface area contributed by atoms with E-state index in [-0.39, 0.29) is 10.8 Å². The van der Waals surface area contributed by atoms with Crippen LogP contribution in [0.5, 0.6) is 0 Å². The fraction of sp³-hybridized carbons (Fsp3) is 0.348. The van der Waals surface area contributed by atoms with E-state index in [1.165, 1.54) is 4.70 Å². The molecule has 172 valence electrons. The van der Waals surface area contributed by atoms with Crippen molar-refractivity contribution in [2.75, 3.05) is 32.7 Å². The van der Waals surface area contributed by atoms with Crippen molar-refractivity contribution in [2.24, 2.45) is 4.99 Å².